The Labute approximate surface area is 135 Å². The van der Waals surface area contributed by atoms with Gasteiger partial charge >= 0.3 is 0 Å². The molecule has 1 aromatic heterocycles. The van der Waals surface area contributed by atoms with E-state index in [-0.39, 0.29) is 0 Å². The Bertz CT molecular complexity index is 643. The van der Waals surface area contributed by atoms with E-state index in [4.69, 9.17) is 16.6 Å². The van der Waals surface area contributed by atoms with Crippen molar-refractivity contribution in [1.29, 1.82) is 0 Å². The molecule has 1 aromatic carbocycles. The maximum absolute atomic E-state index is 5.96. The van der Waals surface area contributed by atoms with Crippen molar-refractivity contribution >= 4 is 11.6 Å². The first-order valence-electron chi connectivity index (χ1n) is 8.08. The summed E-state index contributed by atoms with van der Waals surface area (Å²) in [4.78, 5) is 10.9. The minimum absolute atomic E-state index is 0.671. The third kappa shape index (κ3) is 2.78. The molecule has 4 nitrogen and oxygen atoms in total. The Balaban J connectivity index is 1.54. The maximum atomic E-state index is 5.96. The second-order valence-electron chi connectivity index (χ2n) is 6.24. The number of aromatic amines is 1. The molecule has 0 saturated carbocycles. The van der Waals surface area contributed by atoms with Crippen LogP contribution >= 0.6 is 11.6 Å². The zero-order valence-corrected chi connectivity index (χ0v) is 13.4. The summed E-state index contributed by atoms with van der Waals surface area (Å²) in [6.45, 7) is 4.39. The number of nitrogens with zero attached hydrogens (tertiary/aromatic N) is 2. The number of H-pyrrole nitrogens is 1. The van der Waals surface area contributed by atoms with Crippen LogP contribution in [0.5, 0.6) is 0 Å². The molecule has 2 aromatic rings. The lowest BCUT2D eigenvalue weighted by molar-refractivity contribution is 0.148. The number of aromatic nitrogens is 2. The first kappa shape index (κ1) is 14.2. The Morgan fingerprint density at radius 3 is 2.86 bits per heavy atom. The molecule has 1 atom stereocenters. The average Bonchev–Trinajstić information content (AvgIpc) is 2.99. The normalized spacial score (nSPS) is 22.5. The van der Waals surface area contributed by atoms with E-state index in [0.29, 0.717) is 6.04 Å². The number of halogens is 1. The molecule has 5 heteroatoms. The van der Waals surface area contributed by atoms with Crippen LogP contribution in [0.2, 0.25) is 5.02 Å². The molecule has 2 aliphatic rings. The lowest BCUT2D eigenvalue weighted by atomic mass is 10.0. The van der Waals surface area contributed by atoms with Crippen LogP contribution in [-0.2, 0) is 13.0 Å². The Hall–Kier alpha value is -1.36. The van der Waals surface area contributed by atoms with Crippen molar-refractivity contribution < 1.29 is 0 Å². The van der Waals surface area contributed by atoms with Gasteiger partial charge in [0.05, 0.1) is 11.4 Å². The van der Waals surface area contributed by atoms with E-state index in [1.165, 1.54) is 30.8 Å². The number of benzene rings is 1. The second kappa shape index (κ2) is 6.03. The first-order valence-corrected chi connectivity index (χ1v) is 8.46. The number of piperidine rings is 1. The minimum Gasteiger partial charge on any atom is -0.341 e. The number of imidazole rings is 1. The molecule has 0 radical (unpaired) electrons. The molecule has 116 valence electrons. The SMILES string of the molecule is Clc1ccc(-c2nc3c([nH]2)CN(C2CCCNC2)CC3)cc1. The van der Waals surface area contributed by atoms with Gasteiger partial charge < -0.3 is 10.3 Å². The molecular weight excluding hydrogens is 296 g/mol. The number of hydrogen-bond donors (Lipinski definition) is 2. The van der Waals surface area contributed by atoms with Crippen molar-refractivity contribution in [2.24, 2.45) is 0 Å². The highest BCUT2D eigenvalue weighted by Crippen LogP contribution is 2.25. The van der Waals surface area contributed by atoms with Gasteiger partial charge in [-0.3, -0.25) is 4.90 Å². The van der Waals surface area contributed by atoms with Crippen LogP contribution in [-0.4, -0.2) is 40.5 Å². The lowest BCUT2D eigenvalue weighted by Gasteiger charge is -2.36. The largest absolute Gasteiger partial charge is 0.341 e. The van der Waals surface area contributed by atoms with E-state index in [1.54, 1.807) is 0 Å². The van der Waals surface area contributed by atoms with E-state index >= 15 is 0 Å². The Morgan fingerprint density at radius 2 is 2.09 bits per heavy atom. The molecule has 0 bridgehead atoms. The molecule has 3 heterocycles. The predicted octanol–water partition coefficient (Wildman–Crippen LogP) is 2.84. The summed E-state index contributed by atoms with van der Waals surface area (Å²) >= 11 is 5.96. The average molecular weight is 317 g/mol. The van der Waals surface area contributed by atoms with Crippen LogP contribution in [0.15, 0.2) is 24.3 Å². The van der Waals surface area contributed by atoms with E-state index in [2.05, 4.69) is 15.2 Å². The van der Waals surface area contributed by atoms with Gasteiger partial charge in [0, 0.05) is 42.7 Å². The van der Waals surface area contributed by atoms with Crippen LogP contribution in [0, 0.1) is 0 Å². The van der Waals surface area contributed by atoms with Crippen molar-refractivity contribution in [1.82, 2.24) is 20.2 Å². The number of fused-ring (bicyclic) bond motifs is 1. The summed E-state index contributed by atoms with van der Waals surface area (Å²) in [5.41, 5.74) is 3.61. The minimum atomic E-state index is 0.671. The fourth-order valence-electron chi connectivity index (χ4n) is 3.52. The van der Waals surface area contributed by atoms with Crippen molar-refractivity contribution in [3.8, 4) is 11.4 Å². The van der Waals surface area contributed by atoms with Gasteiger partial charge in [-0.05, 0) is 43.7 Å². The standard InChI is InChI=1S/C17H21ClN4/c18-13-5-3-12(4-6-13)17-20-15-7-9-22(11-16(15)21-17)14-2-1-8-19-10-14/h3-6,14,19H,1-2,7-11H2,(H,20,21). The molecule has 2 N–H and O–H groups in total. The first-order chi connectivity index (χ1) is 10.8. The topological polar surface area (TPSA) is 44.0 Å². The molecule has 1 unspecified atom stereocenters. The van der Waals surface area contributed by atoms with Crippen LogP contribution in [0.3, 0.4) is 0 Å². The van der Waals surface area contributed by atoms with E-state index < -0.39 is 0 Å². The predicted molar refractivity (Wildman–Crippen MR) is 89.0 cm³/mol. The lowest BCUT2D eigenvalue weighted by Crippen LogP contribution is -2.47. The van der Waals surface area contributed by atoms with Crippen LogP contribution in [0.4, 0.5) is 0 Å². The van der Waals surface area contributed by atoms with Crippen LogP contribution < -0.4 is 5.32 Å². The third-order valence-electron chi connectivity index (χ3n) is 4.77. The molecule has 1 fully saturated rings. The van der Waals surface area contributed by atoms with Gasteiger partial charge in [0.25, 0.3) is 0 Å². The molecule has 4 rings (SSSR count). The fourth-order valence-corrected chi connectivity index (χ4v) is 3.64. The van der Waals surface area contributed by atoms with Crippen LogP contribution in [0.1, 0.15) is 24.2 Å². The van der Waals surface area contributed by atoms with Gasteiger partial charge in [0.1, 0.15) is 5.82 Å². The van der Waals surface area contributed by atoms with Gasteiger partial charge in [0.2, 0.25) is 0 Å². The van der Waals surface area contributed by atoms with E-state index in [0.717, 1.165) is 42.5 Å². The molecule has 1 saturated heterocycles. The highest BCUT2D eigenvalue weighted by molar-refractivity contribution is 6.30. The zero-order valence-electron chi connectivity index (χ0n) is 12.6. The molecule has 0 spiro atoms. The van der Waals surface area contributed by atoms with Crippen molar-refractivity contribution in [2.45, 2.75) is 31.8 Å². The summed E-state index contributed by atoms with van der Waals surface area (Å²) in [7, 11) is 0. The highest BCUT2D eigenvalue weighted by Gasteiger charge is 2.26. The summed E-state index contributed by atoms with van der Waals surface area (Å²) in [6, 6.07) is 8.55. The van der Waals surface area contributed by atoms with Crippen molar-refractivity contribution in [3.63, 3.8) is 0 Å². The van der Waals surface area contributed by atoms with Gasteiger partial charge in [-0.2, -0.15) is 0 Å². The summed E-state index contributed by atoms with van der Waals surface area (Å²) in [5.74, 6) is 0.963. The van der Waals surface area contributed by atoms with E-state index in [1.807, 2.05) is 24.3 Å². The Kier molecular flexibility index (Phi) is 3.90. The van der Waals surface area contributed by atoms with Gasteiger partial charge in [0.15, 0.2) is 0 Å². The van der Waals surface area contributed by atoms with Crippen molar-refractivity contribution in [2.75, 3.05) is 19.6 Å². The maximum Gasteiger partial charge on any atom is 0.137 e. The van der Waals surface area contributed by atoms with Gasteiger partial charge in [-0.25, -0.2) is 4.98 Å². The van der Waals surface area contributed by atoms with E-state index in [9.17, 15) is 0 Å². The molecular formula is C17H21ClN4. The second-order valence-corrected chi connectivity index (χ2v) is 6.67. The number of nitrogens with one attached hydrogen (secondary N) is 2. The summed E-state index contributed by atoms with van der Waals surface area (Å²) < 4.78 is 0. The van der Waals surface area contributed by atoms with Gasteiger partial charge in [-0.1, -0.05) is 11.6 Å². The number of hydrogen-bond acceptors (Lipinski definition) is 3. The molecule has 0 amide bonds. The number of rotatable bonds is 2. The quantitative estimate of drug-likeness (QED) is 0.895. The summed E-state index contributed by atoms with van der Waals surface area (Å²) in [6.07, 6.45) is 3.63. The Morgan fingerprint density at radius 1 is 1.23 bits per heavy atom. The van der Waals surface area contributed by atoms with Crippen LogP contribution in [0.25, 0.3) is 11.4 Å². The molecule has 2 aliphatic heterocycles. The zero-order chi connectivity index (χ0) is 14.9. The molecule has 0 aliphatic carbocycles. The monoisotopic (exact) mass is 316 g/mol. The summed E-state index contributed by atoms with van der Waals surface area (Å²) in [5, 5.41) is 4.27. The van der Waals surface area contributed by atoms with Crippen molar-refractivity contribution in [3.05, 3.63) is 40.7 Å². The van der Waals surface area contributed by atoms with Gasteiger partial charge in [-0.15, -0.1) is 0 Å². The third-order valence-corrected chi connectivity index (χ3v) is 5.02. The molecule has 22 heavy (non-hydrogen) atoms. The fraction of sp³-hybridized carbons (Fsp3) is 0.471. The smallest absolute Gasteiger partial charge is 0.137 e. The highest BCUT2D eigenvalue weighted by atomic mass is 35.5.